The van der Waals surface area contributed by atoms with E-state index in [0.717, 1.165) is 16.9 Å². The molecule has 0 fully saturated rings. The van der Waals surface area contributed by atoms with Gasteiger partial charge in [0, 0.05) is 17.6 Å². The number of anilines is 2. The Morgan fingerprint density at radius 3 is 1.70 bits per heavy atom. The normalized spacial score (nSPS) is 10.4. The lowest BCUT2D eigenvalue weighted by Crippen LogP contribution is -2.07. The molecule has 0 spiro atoms. The van der Waals surface area contributed by atoms with Gasteiger partial charge < -0.3 is 4.90 Å². The van der Waals surface area contributed by atoms with E-state index in [-0.39, 0.29) is 0 Å². The lowest BCUT2D eigenvalue weighted by atomic mass is 10.1. The number of rotatable bonds is 4. The second kappa shape index (κ2) is 7.11. The van der Waals surface area contributed by atoms with Gasteiger partial charge in [0.05, 0.1) is 11.6 Å². The first kappa shape index (κ1) is 14.6. The van der Waals surface area contributed by atoms with E-state index >= 15 is 0 Å². The number of benzene rings is 3. The minimum atomic E-state index is 0.671. The lowest BCUT2D eigenvalue weighted by molar-refractivity contribution is 1.29. The second-order valence-electron chi connectivity index (χ2n) is 5.09. The van der Waals surface area contributed by atoms with Crippen molar-refractivity contribution < 1.29 is 0 Å². The average Bonchev–Trinajstić information content (AvgIpc) is 2.64. The summed E-state index contributed by atoms with van der Waals surface area (Å²) in [6.07, 6.45) is 4.09. The number of hydrogen-bond acceptors (Lipinski definition) is 2. The summed E-state index contributed by atoms with van der Waals surface area (Å²) in [6, 6.07) is 30.1. The molecule has 0 unspecified atom stereocenters. The Balaban J connectivity index is 1.93. The molecule has 0 N–H and O–H groups in total. The average molecular weight is 296 g/mol. The monoisotopic (exact) mass is 296 g/mol. The zero-order valence-corrected chi connectivity index (χ0v) is 12.6. The second-order valence-corrected chi connectivity index (χ2v) is 5.09. The number of nitriles is 1. The third kappa shape index (κ3) is 3.66. The molecule has 0 aliphatic heterocycles. The van der Waals surface area contributed by atoms with Gasteiger partial charge in [-0.25, -0.2) is 0 Å². The minimum absolute atomic E-state index is 0.671. The van der Waals surface area contributed by atoms with Gasteiger partial charge in [0.2, 0.25) is 0 Å². The molecule has 0 heterocycles. The SMILES string of the molecule is N#Cc1ccc(/C=C/N(c2ccccc2)c2ccccc2)cc1. The van der Waals surface area contributed by atoms with Crippen molar-refractivity contribution in [1.29, 1.82) is 5.26 Å². The van der Waals surface area contributed by atoms with E-state index in [0.29, 0.717) is 5.56 Å². The van der Waals surface area contributed by atoms with Crippen LogP contribution in [0.4, 0.5) is 11.4 Å². The fraction of sp³-hybridized carbons (Fsp3) is 0. The van der Waals surface area contributed by atoms with Gasteiger partial charge in [-0.2, -0.15) is 5.26 Å². The Morgan fingerprint density at radius 2 is 1.22 bits per heavy atom. The molecular weight excluding hydrogens is 280 g/mol. The van der Waals surface area contributed by atoms with Crippen molar-refractivity contribution in [3.8, 4) is 6.07 Å². The van der Waals surface area contributed by atoms with Crippen molar-refractivity contribution in [3.63, 3.8) is 0 Å². The lowest BCUT2D eigenvalue weighted by Gasteiger charge is -2.20. The maximum Gasteiger partial charge on any atom is 0.0991 e. The van der Waals surface area contributed by atoms with Crippen molar-refractivity contribution in [3.05, 3.63) is 102 Å². The van der Waals surface area contributed by atoms with Gasteiger partial charge in [-0.15, -0.1) is 0 Å². The fourth-order valence-electron chi connectivity index (χ4n) is 2.33. The van der Waals surface area contributed by atoms with Crippen LogP contribution in [0.15, 0.2) is 91.1 Å². The number of nitrogens with zero attached hydrogens (tertiary/aromatic N) is 2. The summed E-state index contributed by atoms with van der Waals surface area (Å²) < 4.78 is 0. The zero-order chi connectivity index (χ0) is 15.9. The number of para-hydroxylation sites is 2. The van der Waals surface area contributed by atoms with E-state index in [2.05, 4.69) is 35.2 Å². The van der Waals surface area contributed by atoms with Crippen LogP contribution in [-0.4, -0.2) is 0 Å². The highest BCUT2D eigenvalue weighted by molar-refractivity contribution is 5.69. The Kier molecular flexibility index (Phi) is 4.52. The van der Waals surface area contributed by atoms with Crippen LogP contribution in [0.3, 0.4) is 0 Å². The van der Waals surface area contributed by atoms with E-state index in [4.69, 9.17) is 5.26 Å². The van der Waals surface area contributed by atoms with Crippen molar-refractivity contribution in [2.24, 2.45) is 0 Å². The smallest absolute Gasteiger partial charge is 0.0991 e. The maximum atomic E-state index is 8.87. The molecular formula is C21H16N2. The van der Waals surface area contributed by atoms with Crippen LogP contribution in [0.2, 0.25) is 0 Å². The predicted octanol–water partition coefficient (Wildman–Crippen LogP) is 5.37. The zero-order valence-electron chi connectivity index (χ0n) is 12.6. The van der Waals surface area contributed by atoms with Gasteiger partial charge in [0.15, 0.2) is 0 Å². The molecule has 2 heteroatoms. The molecule has 110 valence electrons. The van der Waals surface area contributed by atoms with E-state index in [1.54, 1.807) is 0 Å². The summed E-state index contributed by atoms with van der Waals surface area (Å²) in [5.74, 6) is 0. The van der Waals surface area contributed by atoms with Gasteiger partial charge in [-0.1, -0.05) is 48.5 Å². The Morgan fingerprint density at radius 1 is 0.696 bits per heavy atom. The molecule has 0 radical (unpaired) electrons. The topological polar surface area (TPSA) is 27.0 Å². The van der Waals surface area contributed by atoms with Crippen molar-refractivity contribution in [2.75, 3.05) is 4.90 Å². The van der Waals surface area contributed by atoms with E-state index in [1.807, 2.05) is 72.9 Å². The maximum absolute atomic E-state index is 8.87. The fourth-order valence-corrected chi connectivity index (χ4v) is 2.33. The van der Waals surface area contributed by atoms with Crippen molar-refractivity contribution in [2.45, 2.75) is 0 Å². The third-order valence-electron chi connectivity index (χ3n) is 3.52. The van der Waals surface area contributed by atoms with Crippen LogP contribution >= 0.6 is 0 Å². The first-order valence-electron chi connectivity index (χ1n) is 7.44. The van der Waals surface area contributed by atoms with Gasteiger partial charge in [0.25, 0.3) is 0 Å². The quantitative estimate of drug-likeness (QED) is 0.647. The molecule has 3 aromatic carbocycles. The van der Waals surface area contributed by atoms with E-state index < -0.39 is 0 Å². The van der Waals surface area contributed by atoms with Gasteiger partial charge in [0.1, 0.15) is 0 Å². The molecule has 0 saturated carbocycles. The molecule has 0 atom stereocenters. The summed E-state index contributed by atoms with van der Waals surface area (Å²) in [4.78, 5) is 2.14. The van der Waals surface area contributed by atoms with E-state index in [1.165, 1.54) is 0 Å². The van der Waals surface area contributed by atoms with Gasteiger partial charge >= 0.3 is 0 Å². The molecule has 0 aliphatic rings. The van der Waals surface area contributed by atoms with Gasteiger partial charge in [-0.3, -0.25) is 0 Å². The predicted molar refractivity (Wildman–Crippen MR) is 95.2 cm³/mol. The van der Waals surface area contributed by atoms with Gasteiger partial charge in [-0.05, 0) is 48.0 Å². The summed E-state index contributed by atoms with van der Waals surface area (Å²) in [5, 5.41) is 8.87. The highest BCUT2D eigenvalue weighted by Gasteiger charge is 2.04. The molecule has 0 aliphatic carbocycles. The highest BCUT2D eigenvalue weighted by Crippen LogP contribution is 2.25. The Labute approximate surface area is 136 Å². The van der Waals surface area contributed by atoms with Crippen molar-refractivity contribution >= 4 is 17.5 Å². The van der Waals surface area contributed by atoms with Crippen LogP contribution in [-0.2, 0) is 0 Å². The Bertz CT molecular complexity index is 774. The minimum Gasteiger partial charge on any atom is -0.317 e. The highest BCUT2D eigenvalue weighted by atomic mass is 15.1. The van der Waals surface area contributed by atoms with E-state index in [9.17, 15) is 0 Å². The molecule has 0 amide bonds. The van der Waals surface area contributed by atoms with Crippen LogP contribution in [0.5, 0.6) is 0 Å². The van der Waals surface area contributed by atoms with Crippen LogP contribution in [0.25, 0.3) is 6.08 Å². The number of hydrogen-bond donors (Lipinski definition) is 0. The van der Waals surface area contributed by atoms with Crippen molar-refractivity contribution in [1.82, 2.24) is 0 Å². The summed E-state index contributed by atoms with van der Waals surface area (Å²) in [7, 11) is 0. The molecule has 3 aromatic rings. The first-order valence-corrected chi connectivity index (χ1v) is 7.44. The standard InChI is InChI=1S/C21H16N2/c22-17-19-13-11-18(12-14-19)15-16-23(20-7-3-1-4-8-20)21-9-5-2-6-10-21/h1-16H/b16-15+. The molecule has 2 nitrogen and oxygen atoms in total. The summed E-state index contributed by atoms with van der Waals surface area (Å²) in [5.41, 5.74) is 3.93. The summed E-state index contributed by atoms with van der Waals surface area (Å²) >= 11 is 0. The molecule has 3 rings (SSSR count). The summed E-state index contributed by atoms with van der Waals surface area (Å²) in [6.45, 7) is 0. The third-order valence-corrected chi connectivity index (χ3v) is 3.52. The largest absolute Gasteiger partial charge is 0.317 e. The first-order chi connectivity index (χ1) is 11.4. The molecule has 23 heavy (non-hydrogen) atoms. The van der Waals surface area contributed by atoms with Crippen LogP contribution in [0, 0.1) is 11.3 Å². The van der Waals surface area contributed by atoms with Crippen LogP contribution < -0.4 is 4.90 Å². The molecule has 0 saturated heterocycles. The Hall–Kier alpha value is -3.31. The molecule has 0 bridgehead atoms. The molecule has 0 aromatic heterocycles. The van der Waals surface area contributed by atoms with Crippen LogP contribution in [0.1, 0.15) is 11.1 Å².